The molecular formula is C25H24FN3O3. The van der Waals surface area contributed by atoms with Crippen molar-refractivity contribution < 1.29 is 18.7 Å². The van der Waals surface area contributed by atoms with Gasteiger partial charge in [0.15, 0.2) is 5.60 Å². The van der Waals surface area contributed by atoms with Crippen molar-refractivity contribution in [2.45, 2.75) is 12.0 Å². The van der Waals surface area contributed by atoms with Crippen LogP contribution in [-0.2, 0) is 16.0 Å². The van der Waals surface area contributed by atoms with E-state index in [1.807, 2.05) is 30.3 Å². The van der Waals surface area contributed by atoms with Crippen molar-refractivity contribution in [3.8, 4) is 11.1 Å². The highest BCUT2D eigenvalue weighted by atomic mass is 19.1. The lowest BCUT2D eigenvalue weighted by molar-refractivity contribution is -0.156. The standard InChI is InChI=1S/C25H24FN3O3/c1-27-24(31)25(17-29(12-13-32-25)23(30)22-10-2-3-11-28-22)16-18-6-4-7-19(14-18)20-8-5-9-21(26)15-20/h2-11,14-15H,12-13,16-17H2,1H3,(H,27,31). The van der Waals surface area contributed by atoms with Gasteiger partial charge in [0.25, 0.3) is 11.8 Å². The van der Waals surface area contributed by atoms with Gasteiger partial charge in [0.2, 0.25) is 0 Å². The molecule has 1 aliphatic heterocycles. The summed E-state index contributed by atoms with van der Waals surface area (Å²) in [5.41, 5.74) is 1.53. The molecular weight excluding hydrogens is 409 g/mol. The molecule has 2 aromatic carbocycles. The van der Waals surface area contributed by atoms with Crippen LogP contribution in [0.25, 0.3) is 11.1 Å². The van der Waals surface area contributed by atoms with Crippen molar-refractivity contribution in [1.82, 2.24) is 15.2 Å². The van der Waals surface area contributed by atoms with Crippen LogP contribution in [0.5, 0.6) is 0 Å². The van der Waals surface area contributed by atoms with Crippen LogP contribution in [0.3, 0.4) is 0 Å². The van der Waals surface area contributed by atoms with Gasteiger partial charge in [0.05, 0.1) is 13.2 Å². The normalized spacial score (nSPS) is 18.2. The van der Waals surface area contributed by atoms with Gasteiger partial charge < -0.3 is 15.0 Å². The molecule has 0 bridgehead atoms. The molecule has 0 aliphatic carbocycles. The van der Waals surface area contributed by atoms with E-state index < -0.39 is 5.60 Å². The number of carbonyl (C=O) groups excluding carboxylic acids is 2. The third-order valence-electron chi connectivity index (χ3n) is 5.57. The van der Waals surface area contributed by atoms with Crippen LogP contribution in [0.15, 0.2) is 72.9 Å². The van der Waals surface area contributed by atoms with Gasteiger partial charge in [-0.2, -0.15) is 0 Å². The summed E-state index contributed by atoms with van der Waals surface area (Å²) >= 11 is 0. The lowest BCUT2D eigenvalue weighted by Gasteiger charge is -2.41. The zero-order chi connectivity index (χ0) is 22.6. The van der Waals surface area contributed by atoms with E-state index in [1.165, 1.54) is 12.1 Å². The van der Waals surface area contributed by atoms with Crippen LogP contribution in [0.4, 0.5) is 4.39 Å². The molecule has 164 valence electrons. The number of rotatable bonds is 5. The smallest absolute Gasteiger partial charge is 0.272 e. The van der Waals surface area contributed by atoms with Crippen molar-refractivity contribution >= 4 is 11.8 Å². The summed E-state index contributed by atoms with van der Waals surface area (Å²) in [5, 5.41) is 2.68. The number of aromatic nitrogens is 1. The summed E-state index contributed by atoms with van der Waals surface area (Å²) in [5.74, 6) is -0.850. The second-order valence-electron chi connectivity index (χ2n) is 7.75. The summed E-state index contributed by atoms with van der Waals surface area (Å²) in [4.78, 5) is 31.7. The Hall–Kier alpha value is -3.58. The first kappa shape index (κ1) is 21.6. The number of likely N-dealkylation sites (N-methyl/N-ethyl adjacent to an activating group) is 1. The predicted molar refractivity (Wildman–Crippen MR) is 118 cm³/mol. The van der Waals surface area contributed by atoms with Gasteiger partial charge in [-0.05, 0) is 41.0 Å². The Morgan fingerprint density at radius 1 is 1.09 bits per heavy atom. The van der Waals surface area contributed by atoms with Gasteiger partial charge in [-0.1, -0.05) is 42.5 Å². The Labute approximate surface area is 186 Å². The van der Waals surface area contributed by atoms with E-state index in [2.05, 4.69) is 10.3 Å². The summed E-state index contributed by atoms with van der Waals surface area (Å²) in [7, 11) is 1.55. The Morgan fingerprint density at radius 3 is 2.59 bits per heavy atom. The van der Waals surface area contributed by atoms with Gasteiger partial charge in [0, 0.05) is 26.2 Å². The third kappa shape index (κ3) is 4.53. The SMILES string of the molecule is CNC(=O)C1(Cc2cccc(-c3cccc(F)c3)c2)CN(C(=O)c2ccccn2)CCO1. The maximum Gasteiger partial charge on any atom is 0.272 e. The molecule has 1 saturated heterocycles. The molecule has 2 amide bonds. The lowest BCUT2D eigenvalue weighted by Crippen LogP contribution is -2.61. The number of pyridine rings is 1. The highest BCUT2D eigenvalue weighted by molar-refractivity contribution is 5.93. The maximum absolute atomic E-state index is 13.7. The molecule has 6 nitrogen and oxygen atoms in total. The number of morpholine rings is 1. The maximum atomic E-state index is 13.7. The second kappa shape index (κ2) is 9.28. The Bertz CT molecular complexity index is 1120. The van der Waals surface area contributed by atoms with Crippen LogP contribution < -0.4 is 5.32 Å². The van der Waals surface area contributed by atoms with Crippen molar-refractivity contribution in [3.05, 3.63) is 90.0 Å². The average molecular weight is 433 g/mol. The highest BCUT2D eigenvalue weighted by Crippen LogP contribution is 2.28. The molecule has 1 atom stereocenters. The topological polar surface area (TPSA) is 71.5 Å². The third-order valence-corrected chi connectivity index (χ3v) is 5.57. The van der Waals surface area contributed by atoms with Gasteiger partial charge >= 0.3 is 0 Å². The number of hydrogen-bond donors (Lipinski definition) is 1. The molecule has 0 saturated carbocycles. The number of ether oxygens (including phenoxy) is 1. The molecule has 1 aromatic heterocycles. The lowest BCUT2D eigenvalue weighted by atomic mass is 9.89. The molecule has 2 heterocycles. The van der Waals surface area contributed by atoms with Crippen molar-refractivity contribution in [2.24, 2.45) is 0 Å². The summed E-state index contributed by atoms with van der Waals surface area (Å²) < 4.78 is 19.7. The van der Waals surface area contributed by atoms with E-state index in [0.717, 1.165) is 16.7 Å². The zero-order valence-electron chi connectivity index (χ0n) is 17.8. The fourth-order valence-corrected chi connectivity index (χ4v) is 4.02. The molecule has 32 heavy (non-hydrogen) atoms. The minimum Gasteiger partial charge on any atom is -0.361 e. The van der Waals surface area contributed by atoms with Gasteiger partial charge in [-0.3, -0.25) is 14.6 Å². The largest absolute Gasteiger partial charge is 0.361 e. The first-order chi connectivity index (χ1) is 15.5. The predicted octanol–water partition coefficient (Wildman–Crippen LogP) is 3.09. The average Bonchev–Trinajstić information content (AvgIpc) is 2.84. The summed E-state index contributed by atoms with van der Waals surface area (Å²) in [6, 6.07) is 19.1. The number of hydrogen-bond acceptors (Lipinski definition) is 4. The van der Waals surface area contributed by atoms with Gasteiger partial charge in [-0.25, -0.2) is 4.39 Å². The van der Waals surface area contributed by atoms with Crippen LogP contribution in [0.2, 0.25) is 0 Å². The van der Waals surface area contributed by atoms with Crippen molar-refractivity contribution in [1.29, 1.82) is 0 Å². The van der Waals surface area contributed by atoms with E-state index in [0.29, 0.717) is 12.2 Å². The molecule has 1 N–H and O–H groups in total. The fraction of sp³-hybridized carbons (Fsp3) is 0.240. The fourth-order valence-electron chi connectivity index (χ4n) is 4.02. The van der Waals surface area contributed by atoms with E-state index in [-0.39, 0.29) is 37.2 Å². The van der Waals surface area contributed by atoms with Gasteiger partial charge in [-0.15, -0.1) is 0 Å². The molecule has 3 aromatic rings. The molecule has 4 rings (SSSR count). The molecule has 7 heteroatoms. The summed E-state index contributed by atoms with van der Waals surface area (Å²) in [6.07, 6.45) is 1.83. The van der Waals surface area contributed by atoms with Crippen LogP contribution in [0.1, 0.15) is 16.1 Å². The Morgan fingerprint density at radius 2 is 1.88 bits per heavy atom. The number of carbonyl (C=O) groups is 2. The molecule has 0 spiro atoms. The van der Waals surface area contributed by atoms with E-state index in [4.69, 9.17) is 4.74 Å². The molecule has 1 aliphatic rings. The first-order valence-electron chi connectivity index (χ1n) is 10.4. The minimum atomic E-state index is -1.24. The molecule has 1 fully saturated rings. The molecule has 0 radical (unpaired) electrons. The Balaban J connectivity index is 1.62. The minimum absolute atomic E-state index is 0.103. The Kier molecular flexibility index (Phi) is 6.28. The monoisotopic (exact) mass is 433 g/mol. The van der Waals surface area contributed by atoms with E-state index >= 15 is 0 Å². The van der Waals surface area contributed by atoms with E-state index in [1.54, 1.807) is 42.4 Å². The van der Waals surface area contributed by atoms with Crippen LogP contribution >= 0.6 is 0 Å². The number of benzene rings is 2. The van der Waals surface area contributed by atoms with Gasteiger partial charge in [0.1, 0.15) is 11.5 Å². The number of nitrogens with zero attached hydrogens (tertiary/aromatic N) is 2. The van der Waals surface area contributed by atoms with Crippen molar-refractivity contribution in [3.63, 3.8) is 0 Å². The molecule has 1 unspecified atom stereocenters. The van der Waals surface area contributed by atoms with Crippen LogP contribution in [-0.4, -0.2) is 54.0 Å². The van der Waals surface area contributed by atoms with Crippen LogP contribution in [0, 0.1) is 5.82 Å². The highest BCUT2D eigenvalue weighted by Gasteiger charge is 2.45. The van der Waals surface area contributed by atoms with E-state index in [9.17, 15) is 14.0 Å². The number of nitrogens with one attached hydrogen (secondary N) is 1. The van der Waals surface area contributed by atoms with Crippen molar-refractivity contribution in [2.75, 3.05) is 26.7 Å². The second-order valence-corrected chi connectivity index (χ2v) is 7.75. The number of amides is 2. The first-order valence-corrected chi connectivity index (χ1v) is 10.4. The number of halogens is 1. The summed E-state index contributed by atoms with van der Waals surface area (Å²) in [6.45, 7) is 0.708. The quantitative estimate of drug-likeness (QED) is 0.671. The zero-order valence-corrected chi connectivity index (χ0v) is 17.8.